The van der Waals surface area contributed by atoms with Crippen molar-refractivity contribution < 1.29 is 4.39 Å². The van der Waals surface area contributed by atoms with Crippen LogP contribution in [0.3, 0.4) is 0 Å². The normalized spacial score (nSPS) is 12.6. The number of hydrogen-bond acceptors (Lipinski definition) is 2. The predicted octanol–water partition coefficient (Wildman–Crippen LogP) is 5.59. The van der Waals surface area contributed by atoms with Gasteiger partial charge in [0.15, 0.2) is 0 Å². The highest BCUT2D eigenvalue weighted by atomic mass is 79.9. The minimum Gasteiger partial charge on any atom is -0.310 e. The average molecular weight is 377 g/mol. The Morgan fingerprint density at radius 2 is 2.15 bits per heavy atom. The molecule has 20 heavy (non-hydrogen) atoms. The fourth-order valence-electron chi connectivity index (χ4n) is 2.02. The van der Waals surface area contributed by atoms with Gasteiger partial charge in [-0.1, -0.05) is 24.6 Å². The lowest BCUT2D eigenvalue weighted by Gasteiger charge is -2.18. The lowest BCUT2D eigenvalue weighted by molar-refractivity contribution is 0.530. The van der Waals surface area contributed by atoms with Crippen LogP contribution in [0.25, 0.3) is 0 Å². The van der Waals surface area contributed by atoms with Crippen molar-refractivity contribution in [2.24, 2.45) is 0 Å². The summed E-state index contributed by atoms with van der Waals surface area (Å²) in [5.74, 6) is -0.372. The molecule has 1 aromatic heterocycles. The SMILES string of the molecule is CCCNC(Cc1ccc(Br)s1)c1ccc(F)c(Cl)c1. The van der Waals surface area contributed by atoms with Gasteiger partial charge in [-0.2, -0.15) is 0 Å². The van der Waals surface area contributed by atoms with Crippen LogP contribution in [0.5, 0.6) is 0 Å². The van der Waals surface area contributed by atoms with Gasteiger partial charge in [-0.25, -0.2) is 4.39 Å². The first-order valence-corrected chi connectivity index (χ1v) is 8.51. The predicted molar refractivity (Wildman–Crippen MR) is 88.2 cm³/mol. The molecule has 0 spiro atoms. The minimum absolute atomic E-state index is 0.151. The van der Waals surface area contributed by atoms with E-state index in [1.165, 1.54) is 10.9 Å². The van der Waals surface area contributed by atoms with E-state index in [2.05, 4.69) is 40.3 Å². The smallest absolute Gasteiger partial charge is 0.141 e. The second kappa shape index (κ2) is 7.55. The summed E-state index contributed by atoms with van der Waals surface area (Å²) < 4.78 is 14.4. The highest BCUT2D eigenvalue weighted by molar-refractivity contribution is 9.11. The van der Waals surface area contributed by atoms with Crippen molar-refractivity contribution in [1.82, 2.24) is 5.32 Å². The maximum absolute atomic E-state index is 13.3. The van der Waals surface area contributed by atoms with Crippen molar-refractivity contribution in [1.29, 1.82) is 0 Å². The molecule has 0 aliphatic heterocycles. The molecule has 108 valence electrons. The van der Waals surface area contributed by atoms with Crippen LogP contribution in [-0.4, -0.2) is 6.54 Å². The number of nitrogens with one attached hydrogen (secondary N) is 1. The standard InChI is InChI=1S/C15H16BrClFNS/c1-2-7-19-14(9-11-4-6-15(16)20-11)10-3-5-13(18)12(17)8-10/h3-6,8,14,19H,2,7,9H2,1H3. The van der Waals surface area contributed by atoms with Crippen LogP contribution in [0, 0.1) is 5.82 Å². The van der Waals surface area contributed by atoms with Gasteiger partial charge in [0.2, 0.25) is 0 Å². The maximum Gasteiger partial charge on any atom is 0.141 e. The Kier molecular flexibility index (Phi) is 6.02. The Labute approximate surface area is 136 Å². The third-order valence-electron chi connectivity index (χ3n) is 3.02. The van der Waals surface area contributed by atoms with Crippen LogP contribution in [-0.2, 0) is 6.42 Å². The van der Waals surface area contributed by atoms with Crippen molar-refractivity contribution in [2.45, 2.75) is 25.8 Å². The third kappa shape index (κ3) is 4.29. The first kappa shape index (κ1) is 16.0. The van der Waals surface area contributed by atoms with Gasteiger partial charge in [0.05, 0.1) is 8.81 Å². The Balaban J connectivity index is 2.19. The molecule has 0 bridgehead atoms. The Morgan fingerprint density at radius 3 is 2.75 bits per heavy atom. The highest BCUT2D eigenvalue weighted by Crippen LogP contribution is 2.28. The van der Waals surface area contributed by atoms with Crippen molar-refractivity contribution >= 4 is 38.9 Å². The number of thiophene rings is 1. The van der Waals surface area contributed by atoms with E-state index in [9.17, 15) is 4.39 Å². The van der Waals surface area contributed by atoms with Crippen molar-refractivity contribution in [3.05, 3.63) is 55.4 Å². The molecule has 5 heteroatoms. The molecule has 0 aliphatic rings. The van der Waals surface area contributed by atoms with Crippen molar-refractivity contribution in [2.75, 3.05) is 6.54 Å². The van der Waals surface area contributed by atoms with E-state index in [1.54, 1.807) is 23.5 Å². The van der Waals surface area contributed by atoms with Crippen LogP contribution in [0.15, 0.2) is 34.1 Å². The van der Waals surface area contributed by atoms with Gasteiger partial charge in [-0.15, -0.1) is 11.3 Å². The van der Waals surface area contributed by atoms with E-state index in [4.69, 9.17) is 11.6 Å². The monoisotopic (exact) mass is 375 g/mol. The average Bonchev–Trinajstić information content (AvgIpc) is 2.83. The second-order valence-corrected chi connectivity index (χ2v) is 7.54. The third-order valence-corrected chi connectivity index (χ3v) is 4.96. The summed E-state index contributed by atoms with van der Waals surface area (Å²) in [7, 11) is 0. The molecular weight excluding hydrogens is 361 g/mol. The number of hydrogen-bond donors (Lipinski definition) is 1. The largest absolute Gasteiger partial charge is 0.310 e. The van der Waals surface area contributed by atoms with Crippen molar-refractivity contribution in [3.63, 3.8) is 0 Å². The molecule has 1 atom stereocenters. The molecule has 1 unspecified atom stereocenters. The van der Waals surface area contributed by atoms with Gasteiger partial charge >= 0.3 is 0 Å². The van der Waals surface area contributed by atoms with Gasteiger partial charge in [-0.05, 0) is 58.7 Å². The quantitative estimate of drug-likeness (QED) is 0.693. The Hall–Kier alpha value is -0.420. The summed E-state index contributed by atoms with van der Waals surface area (Å²) >= 11 is 11.1. The fourth-order valence-corrected chi connectivity index (χ4v) is 3.74. The summed E-state index contributed by atoms with van der Waals surface area (Å²) in [5, 5.41) is 3.68. The van der Waals surface area contributed by atoms with E-state index >= 15 is 0 Å². The maximum atomic E-state index is 13.3. The molecular formula is C15H16BrClFNS. The summed E-state index contributed by atoms with van der Waals surface area (Å²) in [6.07, 6.45) is 1.93. The fraction of sp³-hybridized carbons (Fsp3) is 0.333. The molecule has 2 rings (SSSR count). The summed E-state index contributed by atoms with van der Waals surface area (Å²) in [6.45, 7) is 3.05. The molecule has 0 saturated carbocycles. The van der Waals surface area contributed by atoms with E-state index in [0.717, 1.165) is 28.7 Å². The van der Waals surface area contributed by atoms with Crippen LogP contribution in [0.4, 0.5) is 4.39 Å². The molecule has 1 aromatic carbocycles. The molecule has 0 fully saturated rings. The molecule has 0 amide bonds. The van der Waals surface area contributed by atoms with Crippen LogP contribution < -0.4 is 5.32 Å². The first-order valence-electron chi connectivity index (χ1n) is 6.52. The van der Waals surface area contributed by atoms with E-state index in [-0.39, 0.29) is 16.9 Å². The molecule has 0 radical (unpaired) electrons. The summed E-state index contributed by atoms with van der Waals surface area (Å²) in [4.78, 5) is 1.28. The lowest BCUT2D eigenvalue weighted by atomic mass is 10.0. The van der Waals surface area contributed by atoms with E-state index in [0.29, 0.717) is 0 Å². The first-order chi connectivity index (χ1) is 9.60. The topological polar surface area (TPSA) is 12.0 Å². The second-order valence-electron chi connectivity index (χ2n) is 4.59. The summed E-state index contributed by atoms with van der Waals surface area (Å²) in [6, 6.07) is 9.26. The van der Waals surface area contributed by atoms with Crippen LogP contribution in [0.1, 0.15) is 29.8 Å². The Morgan fingerprint density at radius 1 is 1.35 bits per heavy atom. The Bertz CT molecular complexity index is 573. The van der Waals surface area contributed by atoms with Crippen molar-refractivity contribution in [3.8, 4) is 0 Å². The number of benzene rings is 1. The zero-order valence-corrected chi connectivity index (χ0v) is 14.3. The van der Waals surface area contributed by atoms with Crippen LogP contribution in [0.2, 0.25) is 5.02 Å². The molecule has 2 aromatic rings. The van der Waals surface area contributed by atoms with Gasteiger partial charge < -0.3 is 5.32 Å². The van der Waals surface area contributed by atoms with E-state index < -0.39 is 0 Å². The zero-order valence-electron chi connectivity index (χ0n) is 11.1. The lowest BCUT2D eigenvalue weighted by Crippen LogP contribution is -2.23. The molecule has 0 saturated heterocycles. The van der Waals surface area contributed by atoms with Gasteiger partial charge in [0.1, 0.15) is 5.82 Å². The zero-order chi connectivity index (χ0) is 14.5. The minimum atomic E-state index is -0.372. The number of halogens is 3. The van der Waals surface area contributed by atoms with Gasteiger partial charge in [-0.3, -0.25) is 0 Å². The van der Waals surface area contributed by atoms with Gasteiger partial charge in [0, 0.05) is 17.3 Å². The van der Waals surface area contributed by atoms with Gasteiger partial charge in [0.25, 0.3) is 0 Å². The number of rotatable bonds is 6. The van der Waals surface area contributed by atoms with E-state index in [1.807, 2.05) is 0 Å². The molecule has 1 N–H and O–H groups in total. The molecule has 1 heterocycles. The highest BCUT2D eigenvalue weighted by Gasteiger charge is 2.14. The summed E-state index contributed by atoms with van der Waals surface area (Å²) in [5.41, 5.74) is 1.02. The van der Waals surface area contributed by atoms with Crippen LogP contribution >= 0.6 is 38.9 Å². The molecule has 1 nitrogen and oxygen atoms in total. The molecule has 0 aliphatic carbocycles.